The Labute approximate surface area is 134 Å². The van der Waals surface area contributed by atoms with Gasteiger partial charge >= 0.3 is 0 Å². The number of aromatic nitrogens is 2. The van der Waals surface area contributed by atoms with Gasteiger partial charge in [-0.3, -0.25) is 4.79 Å². The van der Waals surface area contributed by atoms with Gasteiger partial charge in [0, 0.05) is 20.6 Å². The minimum Gasteiger partial charge on any atom is -0.423 e. The average Bonchev–Trinajstić information content (AvgIpc) is 3.03. The summed E-state index contributed by atoms with van der Waals surface area (Å²) < 4.78 is 16.5. The van der Waals surface area contributed by atoms with Gasteiger partial charge in [0.1, 0.15) is 0 Å². The summed E-state index contributed by atoms with van der Waals surface area (Å²) >= 11 is 0. The fourth-order valence-corrected chi connectivity index (χ4v) is 2.61. The van der Waals surface area contributed by atoms with Crippen LogP contribution in [0.15, 0.2) is 34.7 Å². The van der Waals surface area contributed by atoms with Crippen molar-refractivity contribution in [2.24, 2.45) is 0 Å². The predicted octanol–water partition coefficient (Wildman–Crippen LogP) is 1.67. The fourth-order valence-electron chi connectivity index (χ4n) is 2.61. The molecule has 0 unspecified atom stereocenters. The van der Waals surface area contributed by atoms with E-state index in [4.69, 9.17) is 13.9 Å². The van der Waals surface area contributed by atoms with Crippen LogP contribution in [0.5, 0.6) is 0 Å². The Morgan fingerprint density at radius 2 is 2.13 bits per heavy atom. The molecule has 1 amide bonds. The molecule has 0 radical (unpaired) electrons. The van der Waals surface area contributed by atoms with Crippen LogP contribution in [0.4, 0.5) is 0 Å². The van der Waals surface area contributed by atoms with Crippen LogP contribution in [0.1, 0.15) is 29.6 Å². The number of amides is 1. The molecule has 1 aliphatic heterocycles. The summed E-state index contributed by atoms with van der Waals surface area (Å²) in [5.74, 6) is 0.781. The topological polar surface area (TPSA) is 77.7 Å². The lowest BCUT2D eigenvalue weighted by Crippen LogP contribution is -2.44. The van der Waals surface area contributed by atoms with Crippen LogP contribution in [-0.4, -0.2) is 47.8 Å². The summed E-state index contributed by atoms with van der Waals surface area (Å²) in [5.41, 5.74) is 0.830. The SMILES string of the molecule is CO[C@H](C(=O)N1CCO[C@H](c2nnc(C)o2)C1)c1ccccc1. The summed E-state index contributed by atoms with van der Waals surface area (Å²) in [6.07, 6.45) is -1.03. The van der Waals surface area contributed by atoms with E-state index in [1.807, 2.05) is 30.3 Å². The van der Waals surface area contributed by atoms with Gasteiger partial charge in [-0.15, -0.1) is 10.2 Å². The average molecular weight is 317 g/mol. The molecule has 0 saturated carbocycles. The zero-order valence-electron chi connectivity index (χ0n) is 13.1. The van der Waals surface area contributed by atoms with Gasteiger partial charge in [0.05, 0.1) is 13.2 Å². The number of methoxy groups -OCH3 is 1. The van der Waals surface area contributed by atoms with Gasteiger partial charge in [-0.05, 0) is 5.56 Å². The zero-order valence-corrected chi connectivity index (χ0v) is 13.1. The Kier molecular flexibility index (Phi) is 4.68. The second kappa shape index (κ2) is 6.89. The molecule has 2 heterocycles. The summed E-state index contributed by atoms with van der Waals surface area (Å²) in [6.45, 7) is 3.02. The van der Waals surface area contributed by atoms with Gasteiger partial charge in [0.15, 0.2) is 12.2 Å². The first-order valence-corrected chi connectivity index (χ1v) is 7.47. The van der Waals surface area contributed by atoms with E-state index in [0.717, 1.165) is 5.56 Å². The van der Waals surface area contributed by atoms with Crippen LogP contribution >= 0.6 is 0 Å². The number of rotatable bonds is 4. The standard InChI is InChI=1S/C16H19N3O4/c1-11-17-18-15(23-11)13-10-19(8-9-22-13)16(20)14(21-2)12-6-4-3-5-7-12/h3-7,13-14H,8-10H2,1-2H3/t13-,14-/m0/s1. The maximum Gasteiger partial charge on any atom is 0.256 e. The van der Waals surface area contributed by atoms with Gasteiger partial charge in [-0.1, -0.05) is 30.3 Å². The van der Waals surface area contributed by atoms with E-state index in [9.17, 15) is 4.79 Å². The van der Waals surface area contributed by atoms with Crippen molar-refractivity contribution in [1.29, 1.82) is 0 Å². The van der Waals surface area contributed by atoms with Crippen molar-refractivity contribution in [2.45, 2.75) is 19.1 Å². The van der Waals surface area contributed by atoms with Crippen molar-refractivity contribution in [3.63, 3.8) is 0 Å². The molecule has 0 N–H and O–H groups in total. The van der Waals surface area contributed by atoms with Gasteiger partial charge < -0.3 is 18.8 Å². The van der Waals surface area contributed by atoms with Crippen molar-refractivity contribution < 1.29 is 18.7 Å². The highest BCUT2D eigenvalue weighted by Crippen LogP contribution is 2.25. The number of benzene rings is 1. The maximum absolute atomic E-state index is 12.8. The molecule has 1 aromatic carbocycles. The third-order valence-electron chi connectivity index (χ3n) is 3.76. The van der Waals surface area contributed by atoms with Crippen molar-refractivity contribution in [3.8, 4) is 0 Å². The highest BCUT2D eigenvalue weighted by atomic mass is 16.5. The van der Waals surface area contributed by atoms with Crippen molar-refractivity contribution in [1.82, 2.24) is 15.1 Å². The number of ether oxygens (including phenoxy) is 2. The Morgan fingerprint density at radius 3 is 2.78 bits per heavy atom. The molecule has 2 aromatic rings. The molecule has 122 valence electrons. The predicted molar refractivity (Wildman–Crippen MR) is 80.5 cm³/mol. The smallest absolute Gasteiger partial charge is 0.256 e. The molecule has 23 heavy (non-hydrogen) atoms. The highest BCUT2D eigenvalue weighted by molar-refractivity contribution is 5.82. The van der Waals surface area contributed by atoms with Gasteiger partial charge in [0.25, 0.3) is 5.91 Å². The summed E-state index contributed by atoms with van der Waals surface area (Å²) in [5, 5.41) is 7.78. The van der Waals surface area contributed by atoms with E-state index in [0.29, 0.717) is 31.5 Å². The quantitative estimate of drug-likeness (QED) is 0.853. The first kappa shape index (κ1) is 15.6. The van der Waals surface area contributed by atoms with Crippen LogP contribution in [-0.2, 0) is 14.3 Å². The third-order valence-corrected chi connectivity index (χ3v) is 3.76. The first-order valence-electron chi connectivity index (χ1n) is 7.47. The van der Waals surface area contributed by atoms with Gasteiger partial charge in [-0.2, -0.15) is 0 Å². The lowest BCUT2D eigenvalue weighted by molar-refractivity contribution is -0.150. The molecule has 2 atom stereocenters. The number of hydrogen-bond acceptors (Lipinski definition) is 6. The van der Waals surface area contributed by atoms with Crippen LogP contribution in [0.3, 0.4) is 0 Å². The molecule has 0 aliphatic carbocycles. The Bertz CT molecular complexity index is 658. The lowest BCUT2D eigenvalue weighted by atomic mass is 10.1. The third kappa shape index (κ3) is 3.40. The molecule has 1 aromatic heterocycles. The molecule has 7 heteroatoms. The normalized spacial score (nSPS) is 19.6. The second-order valence-electron chi connectivity index (χ2n) is 5.33. The number of hydrogen-bond donors (Lipinski definition) is 0. The van der Waals surface area contributed by atoms with Crippen LogP contribution < -0.4 is 0 Å². The van der Waals surface area contributed by atoms with E-state index in [1.165, 1.54) is 7.11 Å². The number of carbonyl (C=O) groups is 1. The first-order chi connectivity index (χ1) is 11.2. The van der Waals surface area contributed by atoms with Gasteiger partial charge in [0.2, 0.25) is 11.8 Å². The Morgan fingerprint density at radius 1 is 1.35 bits per heavy atom. The molecule has 3 rings (SSSR count). The molecule has 1 aliphatic rings. The second-order valence-corrected chi connectivity index (χ2v) is 5.33. The number of nitrogens with zero attached hydrogens (tertiary/aromatic N) is 3. The van der Waals surface area contributed by atoms with Crippen molar-refractivity contribution in [2.75, 3.05) is 26.8 Å². The maximum atomic E-state index is 12.8. The molecule has 7 nitrogen and oxygen atoms in total. The summed E-state index contributed by atoms with van der Waals surface area (Å²) in [4.78, 5) is 14.5. The molecule has 1 fully saturated rings. The summed E-state index contributed by atoms with van der Waals surface area (Å²) in [7, 11) is 1.54. The monoisotopic (exact) mass is 317 g/mol. The minimum absolute atomic E-state index is 0.0942. The van der Waals surface area contributed by atoms with Crippen LogP contribution in [0, 0.1) is 6.92 Å². The fraction of sp³-hybridized carbons (Fsp3) is 0.438. The van der Waals surface area contributed by atoms with Crippen LogP contribution in [0.25, 0.3) is 0 Å². The molecule has 0 bridgehead atoms. The van der Waals surface area contributed by atoms with E-state index in [-0.39, 0.29) is 5.91 Å². The van der Waals surface area contributed by atoms with E-state index in [2.05, 4.69) is 10.2 Å². The van der Waals surface area contributed by atoms with E-state index < -0.39 is 12.2 Å². The Balaban J connectivity index is 1.73. The summed E-state index contributed by atoms with van der Waals surface area (Å²) in [6, 6.07) is 9.44. The Hall–Kier alpha value is -2.25. The van der Waals surface area contributed by atoms with Crippen LogP contribution in [0.2, 0.25) is 0 Å². The number of morpholine rings is 1. The molecular formula is C16H19N3O4. The number of aryl methyl sites for hydroxylation is 1. The minimum atomic E-state index is -0.626. The number of carbonyl (C=O) groups excluding carboxylic acids is 1. The molecule has 0 spiro atoms. The zero-order chi connectivity index (χ0) is 16.2. The highest BCUT2D eigenvalue weighted by Gasteiger charge is 2.33. The molecule has 1 saturated heterocycles. The van der Waals surface area contributed by atoms with E-state index >= 15 is 0 Å². The van der Waals surface area contributed by atoms with Gasteiger partial charge in [-0.25, -0.2) is 0 Å². The van der Waals surface area contributed by atoms with E-state index in [1.54, 1.807) is 11.8 Å². The van der Waals surface area contributed by atoms with Crippen molar-refractivity contribution >= 4 is 5.91 Å². The molecular weight excluding hydrogens is 298 g/mol. The largest absolute Gasteiger partial charge is 0.423 e. The van der Waals surface area contributed by atoms with Crippen molar-refractivity contribution in [3.05, 3.63) is 47.7 Å². The lowest BCUT2D eigenvalue weighted by Gasteiger charge is -2.33.